The summed E-state index contributed by atoms with van der Waals surface area (Å²) in [5.41, 5.74) is 8.48. The van der Waals surface area contributed by atoms with Crippen LogP contribution in [0.15, 0.2) is 12.1 Å². The van der Waals surface area contributed by atoms with Crippen molar-refractivity contribution in [2.75, 3.05) is 0 Å². The summed E-state index contributed by atoms with van der Waals surface area (Å²) < 4.78 is 13.7. The number of benzene rings is 1. The van der Waals surface area contributed by atoms with Gasteiger partial charge in [0.1, 0.15) is 5.82 Å². The molecule has 1 aromatic carbocycles. The minimum atomic E-state index is -0.132. The number of nitrogens with two attached hydrogens (primary N) is 1. The van der Waals surface area contributed by atoms with E-state index in [0.717, 1.165) is 16.7 Å². The molecule has 2 N–H and O–H groups in total. The highest BCUT2D eigenvalue weighted by molar-refractivity contribution is 5.35. The first-order valence-corrected chi connectivity index (χ1v) is 4.95. The third-order valence-corrected chi connectivity index (χ3v) is 2.72. The Hall–Kier alpha value is -0.890. The van der Waals surface area contributed by atoms with Gasteiger partial charge < -0.3 is 5.73 Å². The Morgan fingerprint density at radius 2 is 1.79 bits per heavy atom. The van der Waals surface area contributed by atoms with E-state index in [0.29, 0.717) is 0 Å². The Labute approximate surface area is 85.1 Å². The molecule has 0 spiro atoms. The Kier molecular flexibility index (Phi) is 3.27. The van der Waals surface area contributed by atoms with E-state index < -0.39 is 0 Å². The van der Waals surface area contributed by atoms with E-state index in [-0.39, 0.29) is 17.8 Å². The molecule has 1 nitrogen and oxygen atoms in total. The van der Waals surface area contributed by atoms with E-state index in [9.17, 15) is 4.39 Å². The molecule has 14 heavy (non-hydrogen) atoms. The van der Waals surface area contributed by atoms with Crippen molar-refractivity contribution in [2.45, 2.75) is 39.7 Å². The molecule has 0 bridgehead atoms. The molecule has 0 heterocycles. The molecule has 1 aromatic rings. The van der Waals surface area contributed by atoms with Crippen molar-refractivity contribution in [3.05, 3.63) is 34.6 Å². The lowest BCUT2D eigenvalue weighted by atomic mass is 9.90. The lowest BCUT2D eigenvalue weighted by Crippen LogP contribution is -2.24. The number of halogens is 1. The third-order valence-electron chi connectivity index (χ3n) is 2.72. The predicted octanol–water partition coefficient (Wildman–Crippen LogP) is 2.89. The molecule has 2 unspecified atom stereocenters. The average Bonchev–Trinajstić information content (AvgIpc) is 2.01. The summed E-state index contributed by atoms with van der Waals surface area (Å²) in [6.07, 6.45) is 0. The number of hydrogen-bond acceptors (Lipinski definition) is 1. The first kappa shape index (κ1) is 11.2. The fourth-order valence-corrected chi connectivity index (χ4v) is 1.77. The topological polar surface area (TPSA) is 26.0 Å². The maximum absolute atomic E-state index is 13.7. The van der Waals surface area contributed by atoms with Gasteiger partial charge in [0.15, 0.2) is 0 Å². The maximum atomic E-state index is 13.7. The van der Waals surface area contributed by atoms with Crippen LogP contribution in [0.2, 0.25) is 0 Å². The minimum Gasteiger partial charge on any atom is -0.327 e. The summed E-state index contributed by atoms with van der Waals surface area (Å²) in [7, 11) is 0. The highest BCUT2D eigenvalue weighted by Gasteiger charge is 2.17. The fourth-order valence-electron chi connectivity index (χ4n) is 1.77. The van der Waals surface area contributed by atoms with Crippen molar-refractivity contribution in [3.8, 4) is 0 Å². The quantitative estimate of drug-likeness (QED) is 0.771. The number of hydrogen-bond donors (Lipinski definition) is 1. The smallest absolute Gasteiger partial charge is 0.127 e. The Morgan fingerprint density at radius 1 is 1.21 bits per heavy atom. The van der Waals surface area contributed by atoms with Crippen molar-refractivity contribution < 1.29 is 4.39 Å². The molecule has 0 saturated heterocycles. The normalized spacial score (nSPS) is 15.3. The molecular weight excluding hydrogens is 177 g/mol. The highest BCUT2D eigenvalue weighted by Crippen LogP contribution is 2.25. The van der Waals surface area contributed by atoms with E-state index in [2.05, 4.69) is 0 Å². The zero-order chi connectivity index (χ0) is 10.9. The summed E-state index contributed by atoms with van der Waals surface area (Å²) in [6.45, 7) is 7.70. The van der Waals surface area contributed by atoms with Gasteiger partial charge in [0.2, 0.25) is 0 Å². The fraction of sp³-hybridized carbons (Fsp3) is 0.500. The zero-order valence-corrected chi connectivity index (χ0v) is 9.26. The van der Waals surface area contributed by atoms with Crippen LogP contribution in [0.1, 0.15) is 36.5 Å². The van der Waals surface area contributed by atoms with Crippen molar-refractivity contribution in [1.82, 2.24) is 0 Å². The summed E-state index contributed by atoms with van der Waals surface area (Å²) in [4.78, 5) is 0. The first-order valence-electron chi connectivity index (χ1n) is 4.95. The minimum absolute atomic E-state index is 0.0223. The van der Waals surface area contributed by atoms with Crippen LogP contribution in [0.3, 0.4) is 0 Å². The monoisotopic (exact) mass is 195 g/mol. The average molecular weight is 195 g/mol. The second kappa shape index (κ2) is 4.09. The van der Waals surface area contributed by atoms with Crippen LogP contribution in [0.5, 0.6) is 0 Å². The van der Waals surface area contributed by atoms with E-state index >= 15 is 0 Å². The standard InChI is InChI=1S/C12H18FN/c1-7-5-8(2)12(11(13)6-7)9(3)10(4)14/h5-6,9-10H,14H2,1-4H3. The molecule has 0 radical (unpaired) electrons. The van der Waals surface area contributed by atoms with Crippen molar-refractivity contribution in [2.24, 2.45) is 5.73 Å². The molecule has 78 valence electrons. The van der Waals surface area contributed by atoms with Gasteiger partial charge in [-0.25, -0.2) is 4.39 Å². The van der Waals surface area contributed by atoms with Crippen LogP contribution < -0.4 is 5.73 Å². The molecule has 0 saturated carbocycles. The van der Waals surface area contributed by atoms with Gasteiger partial charge in [-0.05, 0) is 49.4 Å². The SMILES string of the molecule is Cc1cc(C)c(C(C)C(C)N)c(F)c1. The molecule has 2 heteroatoms. The van der Waals surface area contributed by atoms with Crippen molar-refractivity contribution >= 4 is 0 Å². The van der Waals surface area contributed by atoms with Gasteiger partial charge in [-0.2, -0.15) is 0 Å². The summed E-state index contributed by atoms with van der Waals surface area (Å²) >= 11 is 0. The van der Waals surface area contributed by atoms with E-state index in [1.165, 1.54) is 0 Å². The number of aryl methyl sites for hydroxylation is 2. The van der Waals surface area contributed by atoms with Gasteiger partial charge in [-0.3, -0.25) is 0 Å². The molecule has 2 atom stereocenters. The summed E-state index contributed by atoms with van der Waals surface area (Å²) in [6, 6.07) is 3.55. The van der Waals surface area contributed by atoms with Gasteiger partial charge >= 0.3 is 0 Å². The van der Waals surface area contributed by atoms with Gasteiger partial charge in [0.05, 0.1) is 0 Å². The first-order chi connectivity index (χ1) is 6.43. The molecule has 0 aliphatic carbocycles. The molecule has 0 aliphatic heterocycles. The number of rotatable bonds is 2. The van der Waals surface area contributed by atoms with Gasteiger partial charge in [-0.15, -0.1) is 0 Å². The van der Waals surface area contributed by atoms with Gasteiger partial charge in [0.25, 0.3) is 0 Å². The highest BCUT2D eigenvalue weighted by atomic mass is 19.1. The molecule has 0 amide bonds. The molecule has 0 aliphatic rings. The Bertz CT molecular complexity index is 308. The van der Waals surface area contributed by atoms with Gasteiger partial charge in [0, 0.05) is 6.04 Å². The summed E-state index contributed by atoms with van der Waals surface area (Å²) in [5, 5.41) is 0. The van der Waals surface area contributed by atoms with E-state index in [1.54, 1.807) is 6.07 Å². The summed E-state index contributed by atoms with van der Waals surface area (Å²) in [5.74, 6) is -0.0668. The predicted molar refractivity (Wildman–Crippen MR) is 57.9 cm³/mol. The third kappa shape index (κ3) is 2.13. The zero-order valence-electron chi connectivity index (χ0n) is 9.26. The van der Waals surface area contributed by atoms with Crippen molar-refractivity contribution in [1.29, 1.82) is 0 Å². The molecule has 1 rings (SSSR count). The molecule has 0 aromatic heterocycles. The van der Waals surface area contributed by atoms with Crippen LogP contribution >= 0.6 is 0 Å². The second-order valence-electron chi connectivity index (χ2n) is 4.13. The Balaban J connectivity index is 3.20. The van der Waals surface area contributed by atoms with Gasteiger partial charge in [-0.1, -0.05) is 13.0 Å². The molecular formula is C12H18FN. The van der Waals surface area contributed by atoms with Crippen LogP contribution in [0, 0.1) is 19.7 Å². The lowest BCUT2D eigenvalue weighted by molar-refractivity contribution is 0.546. The van der Waals surface area contributed by atoms with E-state index in [4.69, 9.17) is 5.73 Å². The van der Waals surface area contributed by atoms with Crippen LogP contribution in [0.4, 0.5) is 4.39 Å². The lowest BCUT2D eigenvalue weighted by Gasteiger charge is -2.19. The van der Waals surface area contributed by atoms with Crippen LogP contribution in [0.25, 0.3) is 0 Å². The second-order valence-corrected chi connectivity index (χ2v) is 4.13. The van der Waals surface area contributed by atoms with Crippen LogP contribution in [-0.4, -0.2) is 6.04 Å². The molecule has 0 fully saturated rings. The largest absolute Gasteiger partial charge is 0.327 e. The van der Waals surface area contributed by atoms with Crippen LogP contribution in [-0.2, 0) is 0 Å². The Morgan fingerprint density at radius 3 is 2.21 bits per heavy atom. The van der Waals surface area contributed by atoms with E-state index in [1.807, 2.05) is 33.8 Å². The van der Waals surface area contributed by atoms with Crippen molar-refractivity contribution in [3.63, 3.8) is 0 Å². The maximum Gasteiger partial charge on any atom is 0.127 e.